The molecule has 1 heterocycles. The Hall–Kier alpha value is -0.560. The Morgan fingerprint density at radius 2 is 1.77 bits per heavy atom. The van der Waals surface area contributed by atoms with Crippen LogP contribution in [0.3, 0.4) is 0 Å². The first-order valence-corrected chi connectivity index (χ1v) is 10.0. The van der Waals surface area contributed by atoms with Gasteiger partial charge in [-0.25, -0.2) is 0 Å². The van der Waals surface area contributed by atoms with E-state index in [1.54, 1.807) is 0 Å². The molecule has 3 heteroatoms. The van der Waals surface area contributed by atoms with E-state index in [0.717, 1.165) is 24.3 Å². The van der Waals surface area contributed by atoms with E-state index < -0.39 is 0 Å². The molecule has 0 bridgehead atoms. The quantitative estimate of drug-likeness (QED) is 0.624. The molecular weight excluding hydrogens is 308 g/mol. The Morgan fingerprint density at radius 3 is 2.32 bits per heavy atom. The van der Waals surface area contributed by atoms with Crippen LogP contribution < -0.4 is 0 Å². The molecular formula is C19H26OS2. The van der Waals surface area contributed by atoms with Gasteiger partial charge in [0.15, 0.2) is 0 Å². The molecule has 22 heavy (non-hydrogen) atoms. The van der Waals surface area contributed by atoms with Crippen molar-refractivity contribution in [2.45, 2.75) is 38.2 Å². The number of benzene rings is 1. The van der Waals surface area contributed by atoms with E-state index in [-0.39, 0.29) is 6.61 Å². The molecule has 1 N–H and O–H groups in total. The van der Waals surface area contributed by atoms with Crippen LogP contribution in [0.2, 0.25) is 0 Å². The summed E-state index contributed by atoms with van der Waals surface area (Å²) in [6, 6.07) is 8.69. The zero-order chi connectivity index (χ0) is 16.0. The van der Waals surface area contributed by atoms with Crippen LogP contribution in [0.5, 0.6) is 0 Å². The summed E-state index contributed by atoms with van der Waals surface area (Å²) in [5, 5.41) is 8.74. The van der Waals surface area contributed by atoms with Gasteiger partial charge in [-0.3, -0.25) is 0 Å². The van der Waals surface area contributed by atoms with Crippen LogP contribution in [0.25, 0.3) is 0 Å². The zero-order valence-corrected chi connectivity index (χ0v) is 15.4. The van der Waals surface area contributed by atoms with E-state index in [1.807, 2.05) is 0 Å². The van der Waals surface area contributed by atoms with Crippen LogP contribution in [0.4, 0.5) is 0 Å². The fraction of sp³-hybridized carbons (Fsp3) is 0.579. The lowest BCUT2D eigenvalue weighted by Crippen LogP contribution is -2.27. The fourth-order valence-electron chi connectivity index (χ4n) is 2.25. The molecule has 1 aromatic rings. The van der Waals surface area contributed by atoms with Gasteiger partial charge in [-0.15, -0.1) is 23.5 Å². The monoisotopic (exact) mass is 334 g/mol. The maximum absolute atomic E-state index is 8.74. The average molecular weight is 335 g/mol. The normalized spacial score (nSPS) is 22.0. The van der Waals surface area contributed by atoms with Gasteiger partial charge in [-0.1, -0.05) is 44.7 Å². The predicted octanol–water partition coefficient (Wildman–Crippen LogP) is 4.95. The molecule has 2 rings (SSSR count). The van der Waals surface area contributed by atoms with Crippen molar-refractivity contribution in [2.24, 2.45) is 11.3 Å². The lowest BCUT2D eigenvalue weighted by Gasteiger charge is -2.36. The first kappa shape index (κ1) is 17.8. The summed E-state index contributed by atoms with van der Waals surface area (Å²) in [5.74, 6) is 9.57. The van der Waals surface area contributed by atoms with Gasteiger partial charge < -0.3 is 5.11 Å². The minimum Gasteiger partial charge on any atom is -0.396 e. The first-order chi connectivity index (χ1) is 10.5. The third kappa shape index (κ3) is 5.26. The van der Waals surface area contributed by atoms with Crippen LogP contribution in [0.1, 0.15) is 49.3 Å². The smallest absolute Gasteiger partial charge is 0.0751 e. The van der Waals surface area contributed by atoms with Crippen molar-refractivity contribution in [1.29, 1.82) is 0 Å². The molecule has 0 saturated carbocycles. The summed E-state index contributed by atoms with van der Waals surface area (Å²) in [4.78, 5) is 0. The third-order valence-electron chi connectivity index (χ3n) is 4.00. The second-order valence-electron chi connectivity index (χ2n) is 6.81. The van der Waals surface area contributed by atoms with Crippen LogP contribution in [0.15, 0.2) is 24.3 Å². The summed E-state index contributed by atoms with van der Waals surface area (Å²) in [6.45, 7) is 7.27. The highest BCUT2D eigenvalue weighted by Crippen LogP contribution is 2.49. The van der Waals surface area contributed by atoms with E-state index in [2.05, 4.69) is 80.4 Å². The van der Waals surface area contributed by atoms with Crippen molar-refractivity contribution in [2.75, 3.05) is 18.1 Å². The number of aliphatic hydroxyl groups is 1. The van der Waals surface area contributed by atoms with E-state index >= 15 is 0 Å². The molecule has 0 radical (unpaired) electrons. The highest BCUT2D eigenvalue weighted by Gasteiger charge is 2.31. The minimum absolute atomic E-state index is 0.222. The van der Waals surface area contributed by atoms with Gasteiger partial charge in [-0.2, -0.15) is 0 Å². The second kappa shape index (κ2) is 8.34. The minimum atomic E-state index is 0.222. The number of thioether (sulfide) groups is 2. The number of aliphatic hydroxyl groups excluding tert-OH is 1. The van der Waals surface area contributed by atoms with E-state index in [4.69, 9.17) is 5.11 Å². The van der Waals surface area contributed by atoms with E-state index in [1.165, 1.54) is 17.1 Å². The summed E-state index contributed by atoms with van der Waals surface area (Å²) in [5.41, 5.74) is 2.89. The molecule has 1 nitrogen and oxygen atoms in total. The molecule has 1 saturated heterocycles. The van der Waals surface area contributed by atoms with Gasteiger partial charge >= 0.3 is 0 Å². The molecule has 0 aliphatic carbocycles. The predicted molar refractivity (Wildman–Crippen MR) is 100 cm³/mol. The lowest BCUT2D eigenvalue weighted by atomic mass is 9.83. The Morgan fingerprint density at radius 1 is 1.14 bits per heavy atom. The Bertz CT molecular complexity index is 511. The van der Waals surface area contributed by atoms with Crippen molar-refractivity contribution in [1.82, 2.24) is 0 Å². The standard InChI is InChI=1S/C19H26OS2/c1-19(2,3)17-13-21-18(22-14-17)16-10-8-15(9-11-16)7-5-4-6-12-20/h8-11,17-18,20H,4,6,12-14H2,1-3H3. The summed E-state index contributed by atoms with van der Waals surface area (Å²) < 4.78 is 0.565. The molecule has 0 aromatic heterocycles. The van der Waals surface area contributed by atoms with Crippen LogP contribution in [-0.4, -0.2) is 23.2 Å². The van der Waals surface area contributed by atoms with Gasteiger partial charge in [0.05, 0.1) is 4.58 Å². The Kier molecular flexibility index (Phi) is 6.74. The van der Waals surface area contributed by atoms with Gasteiger partial charge in [0.2, 0.25) is 0 Å². The van der Waals surface area contributed by atoms with Gasteiger partial charge in [-0.05, 0) is 47.0 Å². The molecule has 1 aliphatic heterocycles. The maximum Gasteiger partial charge on any atom is 0.0751 e. The SMILES string of the molecule is CC(C)(C)C1CSC(c2ccc(C#CCCCO)cc2)SC1. The molecule has 0 unspecified atom stereocenters. The van der Waals surface area contributed by atoms with Gasteiger partial charge in [0.25, 0.3) is 0 Å². The highest BCUT2D eigenvalue weighted by molar-refractivity contribution is 8.16. The third-order valence-corrected chi connectivity index (χ3v) is 7.15. The van der Waals surface area contributed by atoms with Crippen LogP contribution in [0, 0.1) is 23.2 Å². The average Bonchev–Trinajstić information content (AvgIpc) is 2.51. The number of hydrogen-bond acceptors (Lipinski definition) is 3. The second-order valence-corrected chi connectivity index (χ2v) is 9.39. The lowest BCUT2D eigenvalue weighted by molar-refractivity contribution is 0.290. The summed E-state index contributed by atoms with van der Waals surface area (Å²) in [7, 11) is 0. The topological polar surface area (TPSA) is 20.2 Å². The first-order valence-electron chi connectivity index (χ1n) is 7.93. The van der Waals surface area contributed by atoms with Crippen LogP contribution >= 0.6 is 23.5 Å². The molecule has 0 spiro atoms. The summed E-state index contributed by atoms with van der Waals surface area (Å²) in [6.07, 6.45) is 1.52. The van der Waals surface area contributed by atoms with E-state index in [0.29, 0.717) is 10.00 Å². The fourth-order valence-corrected chi connectivity index (χ4v) is 6.01. The van der Waals surface area contributed by atoms with Crippen molar-refractivity contribution in [3.8, 4) is 11.8 Å². The summed E-state index contributed by atoms with van der Waals surface area (Å²) >= 11 is 4.16. The van der Waals surface area contributed by atoms with Crippen molar-refractivity contribution in [3.63, 3.8) is 0 Å². The number of hydrogen-bond donors (Lipinski definition) is 1. The molecule has 1 aliphatic rings. The van der Waals surface area contributed by atoms with Crippen LogP contribution in [-0.2, 0) is 0 Å². The van der Waals surface area contributed by atoms with Crippen molar-refractivity contribution >= 4 is 23.5 Å². The Balaban J connectivity index is 1.90. The molecule has 120 valence electrons. The van der Waals surface area contributed by atoms with Gasteiger partial charge in [0.1, 0.15) is 0 Å². The number of rotatable bonds is 3. The molecule has 0 amide bonds. The van der Waals surface area contributed by atoms with E-state index in [9.17, 15) is 0 Å². The van der Waals surface area contributed by atoms with Gasteiger partial charge in [0, 0.05) is 18.6 Å². The molecule has 0 atom stereocenters. The number of unbranched alkanes of at least 4 members (excludes halogenated alkanes) is 1. The largest absolute Gasteiger partial charge is 0.396 e. The highest BCUT2D eigenvalue weighted by atomic mass is 32.2. The van der Waals surface area contributed by atoms with Crippen molar-refractivity contribution in [3.05, 3.63) is 35.4 Å². The molecule has 1 fully saturated rings. The Labute approximate surface area is 143 Å². The maximum atomic E-state index is 8.74. The molecule has 1 aromatic carbocycles. The zero-order valence-electron chi connectivity index (χ0n) is 13.8. The van der Waals surface area contributed by atoms with Crippen molar-refractivity contribution < 1.29 is 5.11 Å².